The zero-order valence-corrected chi connectivity index (χ0v) is 36.2. The Balaban J connectivity index is 0.882. The highest BCUT2D eigenvalue weighted by Gasteiger charge is 2.38. The van der Waals surface area contributed by atoms with Crippen LogP contribution in [0.15, 0.2) is 213 Å². The fourth-order valence-corrected chi connectivity index (χ4v) is 9.85. The van der Waals surface area contributed by atoms with Crippen LogP contribution in [0.2, 0.25) is 0 Å². The van der Waals surface area contributed by atoms with Gasteiger partial charge in [-0.2, -0.15) is 0 Å². The van der Waals surface area contributed by atoms with Crippen molar-refractivity contribution in [2.24, 2.45) is 0 Å². The highest BCUT2D eigenvalue weighted by Crippen LogP contribution is 2.54. The predicted molar refractivity (Wildman–Crippen MR) is 269 cm³/mol. The molecule has 9 aromatic carbocycles. The van der Waals surface area contributed by atoms with Crippen LogP contribution < -0.4 is 5.32 Å². The lowest BCUT2D eigenvalue weighted by Gasteiger charge is -2.27. The van der Waals surface area contributed by atoms with Crippen molar-refractivity contribution in [3.05, 3.63) is 241 Å². The van der Waals surface area contributed by atoms with E-state index in [1.165, 1.54) is 77.4 Å². The second-order valence-electron chi connectivity index (χ2n) is 17.4. The van der Waals surface area contributed by atoms with E-state index in [1.54, 1.807) is 0 Å². The first-order chi connectivity index (χ1) is 31.4. The molecule has 11 rings (SSSR count). The van der Waals surface area contributed by atoms with E-state index in [2.05, 4.69) is 237 Å². The van der Waals surface area contributed by atoms with Crippen LogP contribution in [0.25, 0.3) is 78.1 Å². The van der Waals surface area contributed by atoms with E-state index < -0.39 is 0 Å². The van der Waals surface area contributed by atoms with Gasteiger partial charge in [0.05, 0.1) is 24.2 Å². The number of nitrogens with zero attached hydrogens (tertiary/aromatic N) is 1. The van der Waals surface area contributed by atoms with Crippen molar-refractivity contribution in [1.82, 2.24) is 4.57 Å². The molecule has 1 aromatic heterocycles. The Morgan fingerprint density at radius 3 is 1.86 bits per heavy atom. The van der Waals surface area contributed by atoms with Gasteiger partial charge in [0.2, 0.25) is 0 Å². The van der Waals surface area contributed by atoms with Crippen LogP contribution in [0, 0.1) is 0 Å². The Morgan fingerprint density at radius 2 is 1.11 bits per heavy atom. The predicted octanol–water partition coefficient (Wildman–Crippen LogP) is 16.2. The molecule has 3 nitrogen and oxygen atoms in total. The van der Waals surface area contributed by atoms with Crippen LogP contribution in [-0.2, 0) is 23.4 Å². The molecule has 0 atom stereocenters. The first-order valence-electron chi connectivity index (χ1n) is 22.2. The van der Waals surface area contributed by atoms with Gasteiger partial charge in [-0.1, -0.05) is 184 Å². The average Bonchev–Trinajstić information content (AvgIpc) is 3.80. The SMILES string of the molecule is C=Cc1ccc(COCc2ccc(-n3c4ccccc4c4cc(-c5ccc(Nc6ccc7c(c6-c6ccc(-c8ccccc8)cc6)C(C)(C)c6ccccc6-7)cc5)ccc43)cc2)cc1. The Morgan fingerprint density at radius 1 is 0.516 bits per heavy atom. The first kappa shape index (κ1) is 39.1. The van der Waals surface area contributed by atoms with Crippen LogP contribution in [0.4, 0.5) is 11.4 Å². The zero-order chi connectivity index (χ0) is 43.2. The second-order valence-corrected chi connectivity index (χ2v) is 17.4. The third-order valence-corrected chi connectivity index (χ3v) is 13.1. The van der Waals surface area contributed by atoms with Gasteiger partial charge in [-0.15, -0.1) is 0 Å². The maximum atomic E-state index is 6.08. The van der Waals surface area contributed by atoms with E-state index in [-0.39, 0.29) is 5.41 Å². The molecule has 1 heterocycles. The molecule has 1 aliphatic rings. The number of benzene rings is 9. The summed E-state index contributed by atoms with van der Waals surface area (Å²) in [5.41, 5.74) is 21.5. The summed E-state index contributed by atoms with van der Waals surface area (Å²) >= 11 is 0. The van der Waals surface area contributed by atoms with E-state index >= 15 is 0 Å². The minimum absolute atomic E-state index is 0.166. The molecule has 0 saturated heterocycles. The van der Waals surface area contributed by atoms with Crippen LogP contribution >= 0.6 is 0 Å². The molecule has 3 heteroatoms. The second kappa shape index (κ2) is 16.2. The number of aromatic nitrogens is 1. The average molecular weight is 825 g/mol. The molecule has 0 spiro atoms. The number of nitrogens with one attached hydrogen (secondary N) is 1. The van der Waals surface area contributed by atoms with Gasteiger partial charge in [-0.25, -0.2) is 0 Å². The van der Waals surface area contributed by atoms with Gasteiger partial charge in [-0.3, -0.25) is 0 Å². The van der Waals surface area contributed by atoms with Crippen LogP contribution in [-0.4, -0.2) is 4.57 Å². The first-order valence-corrected chi connectivity index (χ1v) is 22.2. The largest absolute Gasteiger partial charge is 0.372 e. The molecule has 10 aromatic rings. The van der Waals surface area contributed by atoms with Crippen LogP contribution in [0.1, 0.15) is 41.7 Å². The molecule has 1 aliphatic carbocycles. The number of hydrogen-bond acceptors (Lipinski definition) is 2. The summed E-state index contributed by atoms with van der Waals surface area (Å²) in [4.78, 5) is 0. The molecule has 0 unspecified atom stereocenters. The monoisotopic (exact) mass is 824 g/mol. The van der Waals surface area contributed by atoms with Crippen LogP contribution in [0.3, 0.4) is 0 Å². The minimum atomic E-state index is -0.166. The lowest BCUT2D eigenvalue weighted by molar-refractivity contribution is 0.107. The van der Waals surface area contributed by atoms with Crippen molar-refractivity contribution in [3.8, 4) is 50.2 Å². The van der Waals surface area contributed by atoms with Crippen molar-refractivity contribution in [2.45, 2.75) is 32.5 Å². The summed E-state index contributed by atoms with van der Waals surface area (Å²) < 4.78 is 8.45. The van der Waals surface area contributed by atoms with Crippen LogP contribution in [0.5, 0.6) is 0 Å². The zero-order valence-electron chi connectivity index (χ0n) is 36.2. The summed E-state index contributed by atoms with van der Waals surface area (Å²) in [6.45, 7) is 9.71. The molecular formula is C61H48N2O. The third kappa shape index (κ3) is 7.01. The van der Waals surface area contributed by atoms with Gasteiger partial charge in [0, 0.05) is 38.8 Å². The van der Waals surface area contributed by atoms with Crippen molar-refractivity contribution in [1.29, 1.82) is 0 Å². The topological polar surface area (TPSA) is 26.2 Å². The maximum absolute atomic E-state index is 6.08. The van der Waals surface area contributed by atoms with Gasteiger partial charge in [0.1, 0.15) is 0 Å². The fraction of sp³-hybridized carbons (Fsp3) is 0.0820. The van der Waals surface area contributed by atoms with Gasteiger partial charge < -0.3 is 14.6 Å². The number of para-hydroxylation sites is 1. The lowest BCUT2D eigenvalue weighted by atomic mass is 9.78. The van der Waals surface area contributed by atoms with E-state index in [1.807, 2.05) is 6.08 Å². The molecule has 1 N–H and O–H groups in total. The van der Waals surface area contributed by atoms with Gasteiger partial charge in [-0.05, 0) is 115 Å². The summed E-state index contributed by atoms with van der Waals surface area (Å²) in [5.74, 6) is 0. The number of rotatable bonds is 11. The van der Waals surface area contributed by atoms with Gasteiger partial charge in [0.25, 0.3) is 0 Å². The van der Waals surface area contributed by atoms with Gasteiger partial charge in [0.15, 0.2) is 0 Å². The Hall–Kier alpha value is -7.72. The number of fused-ring (bicyclic) bond motifs is 6. The third-order valence-electron chi connectivity index (χ3n) is 13.1. The van der Waals surface area contributed by atoms with E-state index in [4.69, 9.17) is 4.74 Å². The van der Waals surface area contributed by atoms with Crippen molar-refractivity contribution < 1.29 is 4.74 Å². The Bertz CT molecular complexity index is 3320. The van der Waals surface area contributed by atoms with E-state index in [9.17, 15) is 0 Å². The molecule has 0 bridgehead atoms. The number of hydrogen-bond donors (Lipinski definition) is 1. The maximum Gasteiger partial charge on any atom is 0.0721 e. The summed E-state index contributed by atoms with van der Waals surface area (Å²) in [5, 5.41) is 6.34. The highest BCUT2D eigenvalue weighted by atomic mass is 16.5. The summed E-state index contributed by atoms with van der Waals surface area (Å²) in [7, 11) is 0. The molecule has 0 fully saturated rings. The highest BCUT2D eigenvalue weighted by molar-refractivity contribution is 6.10. The molecule has 0 amide bonds. The molecule has 0 radical (unpaired) electrons. The number of ether oxygens (including phenoxy) is 1. The van der Waals surface area contributed by atoms with Gasteiger partial charge >= 0.3 is 0 Å². The summed E-state index contributed by atoms with van der Waals surface area (Å²) in [6, 6.07) is 74.7. The molecule has 0 saturated carbocycles. The van der Waals surface area contributed by atoms with E-state index in [0.717, 1.165) is 33.8 Å². The minimum Gasteiger partial charge on any atom is -0.372 e. The molecular weight excluding hydrogens is 777 g/mol. The molecule has 64 heavy (non-hydrogen) atoms. The quantitative estimate of drug-likeness (QED) is 0.141. The van der Waals surface area contributed by atoms with Crippen molar-refractivity contribution in [3.63, 3.8) is 0 Å². The standard InChI is InChI=1S/C61H48N2O/c1-4-41-18-20-42(21-19-41)39-64-40-43-22-33-50(34-23-43)63-57-17-11-9-15-52(57)54-38-48(30-37-58(54)63)46-28-31-49(32-29-46)62-56-36-35-53-51-14-8-10-16-55(51)61(2,3)60(53)59(56)47-26-24-45(25-27-47)44-12-6-5-7-13-44/h4-38,62H,1,39-40H2,2-3H3. The molecule has 308 valence electrons. The normalized spacial score (nSPS) is 12.6. The Kier molecular flexibility index (Phi) is 9.91. The smallest absolute Gasteiger partial charge is 0.0721 e. The molecule has 0 aliphatic heterocycles. The fourth-order valence-electron chi connectivity index (χ4n) is 9.85. The van der Waals surface area contributed by atoms with Crippen molar-refractivity contribution in [2.75, 3.05) is 5.32 Å². The van der Waals surface area contributed by atoms with Crippen molar-refractivity contribution >= 4 is 39.3 Å². The number of anilines is 2. The van der Waals surface area contributed by atoms with E-state index in [0.29, 0.717) is 13.2 Å². The lowest BCUT2D eigenvalue weighted by Crippen LogP contribution is -2.17. The summed E-state index contributed by atoms with van der Waals surface area (Å²) in [6.07, 6.45) is 1.86. The Labute approximate surface area is 375 Å².